The minimum absolute atomic E-state index is 0.0869. The van der Waals surface area contributed by atoms with E-state index in [1.54, 1.807) is 46.8 Å². The molecule has 0 aliphatic carbocycles. The predicted octanol–water partition coefficient (Wildman–Crippen LogP) is 5.53. The molecule has 0 saturated heterocycles. The van der Waals surface area contributed by atoms with Crippen LogP contribution < -0.4 is 10.6 Å². The number of amides is 2. The zero-order valence-electron chi connectivity index (χ0n) is 18.0. The SMILES string of the molecule is Cc1cc(C(=O)Nc2cc(NC(=O)OC(C)(C)C)ccc2F)cc(C(C)(C)C#N)c1. The van der Waals surface area contributed by atoms with Gasteiger partial charge in [0.1, 0.15) is 11.4 Å². The number of rotatable bonds is 4. The first-order valence-corrected chi connectivity index (χ1v) is 9.45. The average Bonchev–Trinajstić information content (AvgIpc) is 2.62. The Morgan fingerprint density at radius 2 is 1.70 bits per heavy atom. The van der Waals surface area contributed by atoms with E-state index in [1.807, 2.05) is 13.0 Å². The van der Waals surface area contributed by atoms with E-state index >= 15 is 0 Å². The average molecular weight is 411 g/mol. The maximum absolute atomic E-state index is 14.3. The van der Waals surface area contributed by atoms with Gasteiger partial charge in [0.15, 0.2) is 0 Å². The minimum atomic E-state index is -0.774. The summed E-state index contributed by atoms with van der Waals surface area (Å²) in [4.78, 5) is 24.7. The van der Waals surface area contributed by atoms with Crippen molar-refractivity contribution in [2.24, 2.45) is 0 Å². The van der Waals surface area contributed by atoms with Crippen LogP contribution in [0.25, 0.3) is 0 Å². The largest absolute Gasteiger partial charge is 0.444 e. The van der Waals surface area contributed by atoms with Crippen LogP contribution >= 0.6 is 0 Å². The standard InChI is InChI=1S/C23H26FN3O3/c1-14-9-15(11-16(10-14)23(5,6)13-25)20(28)27-19-12-17(7-8-18(19)24)26-21(29)30-22(2,3)4/h7-12H,1-6H3,(H,26,29)(H,27,28). The Morgan fingerprint density at radius 1 is 1.03 bits per heavy atom. The fourth-order valence-corrected chi connectivity index (χ4v) is 2.65. The van der Waals surface area contributed by atoms with Crippen molar-refractivity contribution in [1.82, 2.24) is 0 Å². The summed E-state index contributed by atoms with van der Waals surface area (Å²) in [6, 6.07) is 11.1. The normalized spacial score (nSPS) is 11.4. The Hall–Kier alpha value is -3.40. The lowest BCUT2D eigenvalue weighted by Gasteiger charge is -2.20. The number of hydrogen-bond acceptors (Lipinski definition) is 4. The van der Waals surface area contributed by atoms with Crippen molar-refractivity contribution >= 4 is 23.4 Å². The second-order valence-electron chi connectivity index (χ2n) is 8.60. The molecule has 0 radical (unpaired) electrons. The van der Waals surface area contributed by atoms with E-state index < -0.39 is 28.8 Å². The number of benzene rings is 2. The van der Waals surface area contributed by atoms with Crippen molar-refractivity contribution in [3.05, 3.63) is 58.9 Å². The molecule has 0 saturated carbocycles. The lowest BCUT2D eigenvalue weighted by atomic mass is 9.84. The number of carbonyl (C=O) groups excluding carboxylic acids is 2. The Labute approximate surface area is 176 Å². The number of hydrogen-bond donors (Lipinski definition) is 2. The lowest BCUT2D eigenvalue weighted by Crippen LogP contribution is -2.27. The molecular formula is C23H26FN3O3. The fraction of sp³-hybridized carbons (Fsp3) is 0.348. The summed E-state index contributed by atoms with van der Waals surface area (Å²) in [5, 5.41) is 14.4. The van der Waals surface area contributed by atoms with E-state index in [0.29, 0.717) is 11.1 Å². The van der Waals surface area contributed by atoms with Crippen molar-refractivity contribution in [3.8, 4) is 6.07 Å². The second-order valence-corrected chi connectivity index (χ2v) is 8.60. The molecule has 0 aliphatic heterocycles. The van der Waals surface area contributed by atoms with E-state index in [4.69, 9.17) is 4.74 Å². The highest BCUT2D eigenvalue weighted by atomic mass is 19.1. The molecular weight excluding hydrogens is 385 g/mol. The van der Waals surface area contributed by atoms with Crippen LogP contribution in [0, 0.1) is 24.1 Å². The highest BCUT2D eigenvalue weighted by molar-refractivity contribution is 6.05. The molecule has 2 N–H and O–H groups in total. The minimum Gasteiger partial charge on any atom is -0.444 e. The molecule has 0 spiro atoms. The van der Waals surface area contributed by atoms with E-state index in [-0.39, 0.29) is 11.4 Å². The van der Waals surface area contributed by atoms with Crippen LogP contribution in [-0.4, -0.2) is 17.6 Å². The Balaban J connectivity index is 2.25. The highest BCUT2D eigenvalue weighted by Crippen LogP contribution is 2.26. The van der Waals surface area contributed by atoms with Gasteiger partial charge >= 0.3 is 6.09 Å². The number of anilines is 2. The Kier molecular flexibility index (Phi) is 6.51. The lowest BCUT2D eigenvalue weighted by molar-refractivity contribution is 0.0635. The topological polar surface area (TPSA) is 91.2 Å². The molecule has 2 amide bonds. The van der Waals surface area contributed by atoms with Crippen molar-refractivity contribution < 1.29 is 18.7 Å². The molecule has 6 nitrogen and oxygen atoms in total. The molecule has 2 aromatic carbocycles. The third-order valence-corrected chi connectivity index (χ3v) is 4.20. The zero-order valence-corrected chi connectivity index (χ0v) is 18.0. The quantitative estimate of drug-likeness (QED) is 0.691. The molecule has 0 bridgehead atoms. The summed E-state index contributed by atoms with van der Waals surface area (Å²) < 4.78 is 19.4. The van der Waals surface area contributed by atoms with Crippen LogP contribution in [0.2, 0.25) is 0 Å². The molecule has 7 heteroatoms. The molecule has 0 aromatic heterocycles. The number of nitriles is 1. The summed E-state index contributed by atoms with van der Waals surface area (Å²) >= 11 is 0. The van der Waals surface area contributed by atoms with Crippen LogP contribution in [0.15, 0.2) is 36.4 Å². The van der Waals surface area contributed by atoms with Crippen molar-refractivity contribution in [2.75, 3.05) is 10.6 Å². The first-order chi connectivity index (χ1) is 13.8. The third kappa shape index (κ3) is 6.05. The van der Waals surface area contributed by atoms with E-state index in [9.17, 15) is 19.2 Å². The smallest absolute Gasteiger partial charge is 0.412 e. The molecule has 0 fully saturated rings. The van der Waals surface area contributed by atoms with Gasteiger partial charge < -0.3 is 10.1 Å². The zero-order chi connectivity index (χ0) is 22.7. The number of carbonyl (C=O) groups is 2. The Bertz CT molecular complexity index is 1020. The van der Waals surface area contributed by atoms with Crippen LogP contribution in [0.4, 0.5) is 20.6 Å². The molecule has 0 aliphatic rings. The van der Waals surface area contributed by atoms with Gasteiger partial charge in [0.2, 0.25) is 0 Å². The molecule has 2 rings (SSSR count). The number of aryl methyl sites for hydroxylation is 1. The second kappa shape index (κ2) is 8.54. The number of halogens is 1. The summed E-state index contributed by atoms with van der Waals surface area (Å²) in [6.45, 7) is 10.5. The van der Waals surface area contributed by atoms with Gasteiger partial charge in [-0.3, -0.25) is 10.1 Å². The predicted molar refractivity (Wildman–Crippen MR) is 114 cm³/mol. The molecule has 158 valence electrons. The summed E-state index contributed by atoms with van der Waals surface area (Å²) in [5.74, 6) is -1.18. The number of nitrogens with zero attached hydrogens (tertiary/aromatic N) is 1. The van der Waals surface area contributed by atoms with Gasteiger partial charge in [-0.1, -0.05) is 11.6 Å². The van der Waals surface area contributed by atoms with Crippen LogP contribution in [0.3, 0.4) is 0 Å². The van der Waals surface area contributed by atoms with Crippen molar-refractivity contribution in [3.63, 3.8) is 0 Å². The van der Waals surface area contributed by atoms with Gasteiger partial charge in [-0.2, -0.15) is 5.26 Å². The third-order valence-electron chi connectivity index (χ3n) is 4.20. The summed E-state index contributed by atoms with van der Waals surface area (Å²) in [5.41, 5.74) is 0.536. The van der Waals surface area contributed by atoms with Crippen LogP contribution in [0.1, 0.15) is 56.1 Å². The molecule has 0 unspecified atom stereocenters. The van der Waals surface area contributed by atoms with Gasteiger partial charge in [-0.15, -0.1) is 0 Å². The summed E-state index contributed by atoms with van der Waals surface area (Å²) in [7, 11) is 0. The highest BCUT2D eigenvalue weighted by Gasteiger charge is 2.22. The van der Waals surface area contributed by atoms with Gasteiger partial charge in [0.05, 0.1) is 17.2 Å². The first-order valence-electron chi connectivity index (χ1n) is 9.45. The molecule has 2 aromatic rings. The van der Waals surface area contributed by atoms with Crippen molar-refractivity contribution in [2.45, 2.75) is 52.6 Å². The monoisotopic (exact) mass is 411 g/mol. The van der Waals surface area contributed by atoms with E-state index in [0.717, 1.165) is 11.6 Å². The maximum atomic E-state index is 14.3. The molecule has 0 heterocycles. The van der Waals surface area contributed by atoms with Gasteiger partial charge in [0.25, 0.3) is 5.91 Å². The van der Waals surface area contributed by atoms with Crippen LogP contribution in [0.5, 0.6) is 0 Å². The van der Waals surface area contributed by atoms with Gasteiger partial charge in [-0.25, -0.2) is 9.18 Å². The van der Waals surface area contributed by atoms with Crippen molar-refractivity contribution in [1.29, 1.82) is 5.26 Å². The molecule has 30 heavy (non-hydrogen) atoms. The Morgan fingerprint density at radius 3 is 2.30 bits per heavy atom. The van der Waals surface area contributed by atoms with E-state index in [1.165, 1.54) is 12.1 Å². The van der Waals surface area contributed by atoms with Gasteiger partial charge in [-0.05, 0) is 77.4 Å². The first kappa shape index (κ1) is 22.9. The maximum Gasteiger partial charge on any atom is 0.412 e. The summed E-state index contributed by atoms with van der Waals surface area (Å²) in [6.07, 6.45) is -0.687. The van der Waals surface area contributed by atoms with E-state index in [2.05, 4.69) is 16.7 Å². The number of nitrogens with one attached hydrogen (secondary N) is 2. The molecule has 0 atom stereocenters. The van der Waals surface area contributed by atoms with Gasteiger partial charge in [0, 0.05) is 11.3 Å². The van der Waals surface area contributed by atoms with Crippen LogP contribution in [-0.2, 0) is 10.2 Å². The fourth-order valence-electron chi connectivity index (χ4n) is 2.65. The number of ether oxygens (including phenoxy) is 1.